The number of Topliss-reactive ketones (excluding diaryl/α,β-unsaturated/α-hetero) is 1. The van der Waals surface area contributed by atoms with Crippen molar-refractivity contribution in [2.75, 3.05) is 7.11 Å². The molecule has 2 aromatic rings. The van der Waals surface area contributed by atoms with Crippen LogP contribution >= 0.6 is 0 Å². The van der Waals surface area contributed by atoms with Crippen LogP contribution < -0.4 is 4.74 Å². The lowest BCUT2D eigenvalue weighted by molar-refractivity contribution is 0.100. The molecule has 0 saturated heterocycles. The Bertz CT molecular complexity index is 580. The lowest BCUT2D eigenvalue weighted by Crippen LogP contribution is -2.06. The number of hydrogen-bond donors (Lipinski definition) is 0. The highest BCUT2D eigenvalue weighted by Gasteiger charge is 2.14. The van der Waals surface area contributed by atoms with Gasteiger partial charge in [-0.1, -0.05) is 18.2 Å². The minimum atomic E-state index is -0.334. The van der Waals surface area contributed by atoms with E-state index >= 15 is 0 Å². The Morgan fingerprint density at radius 1 is 1.44 bits per heavy atom. The fourth-order valence-corrected chi connectivity index (χ4v) is 1.52. The number of carbonyl (C=O) groups is 1. The Morgan fingerprint density at radius 3 is 2.78 bits per heavy atom. The fourth-order valence-electron chi connectivity index (χ4n) is 1.52. The summed E-state index contributed by atoms with van der Waals surface area (Å²) in [6.07, 6.45) is 0. The van der Waals surface area contributed by atoms with Crippen LogP contribution in [0.25, 0.3) is 0 Å². The van der Waals surface area contributed by atoms with Crippen molar-refractivity contribution in [2.45, 2.75) is 13.5 Å². The molecule has 2 rings (SSSR count). The van der Waals surface area contributed by atoms with Gasteiger partial charge in [0.05, 0.1) is 13.7 Å². The van der Waals surface area contributed by atoms with E-state index in [4.69, 9.17) is 4.74 Å². The van der Waals surface area contributed by atoms with Gasteiger partial charge in [-0.2, -0.15) is 4.98 Å². The van der Waals surface area contributed by atoms with Gasteiger partial charge in [-0.3, -0.25) is 4.79 Å². The van der Waals surface area contributed by atoms with E-state index < -0.39 is 0 Å². The van der Waals surface area contributed by atoms with Crippen molar-refractivity contribution >= 4 is 5.78 Å². The molecule has 0 atom stereocenters. The van der Waals surface area contributed by atoms with E-state index in [-0.39, 0.29) is 30.0 Å². The van der Waals surface area contributed by atoms with Crippen molar-refractivity contribution in [3.8, 4) is 6.01 Å². The number of benzene rings is 1. The van der Waals surface area contributed by atoms with Gasteiger partial charge in [0.1, 0.15) is 5.82 Å². The minimum absolute atomic E-state index is 0.0585. The summed E-state index contributed by atoms with van der Waals surface area (Å²) in [6.45, 7) is 1.53. The number of halogens is 1. The average molecular weight is 249 g/mol. The van der Waals surface area contributed by atoms with Crippen LogP contribution in [0.5, 0.6) is 6.01 Å². The summed E-state index contributed by atoms with van der Waals surface area (Å²) in [6, 6.07) is 6.53. The highest BCUT2D eigenvalue weighted by Crippen LogP contribution is 2.13. The molecule has 0 saturated carbocycles. The quantitative estimate of drug-likeness (QED) is 0.773. The standard InChI is InChI=1S/C12H12FN3O2/c1-8(17)11-14-12(18-2)16(15-11)7-9-5-3-4-6-10(9)13/h3-6H,7H2,1-2H3. The molecule has 1 aromatic carbocycles. The van der Waals surface area contributed by atoms with E-state index in [1.165, 1.54) is 24.8 Å². The third-order valence-corrected chi connectivity index (χ3v) is 2.41. The molecule has 0 bridgehead atoms. The summed E-state index contributed by atoms with van der Waals surface area (Å²) >= 11 is 0. The Kier molecular flexibility index (Phi) is 3.36. The van der Waals surface area contributed by atoms with Gasteiger partial charge in [-0.15, -0.1) is 5.10 Å². The molecule has 5 nitrogen and oxygen atoms in total. The van der Waals surface area contributed by atoms with E-state index in [0.717, 1.165) is 0 Å². The zero-order chi connectivity index (χ0) is 13.1. The maximum absolute atomic E-state index is 13.5. The topological polar surface area (TPSA) is 57.0 Å². The smallest absolute Gasteiger partial charge is 0.315 e. The van der Waals surface area contributed by atoms with Gasteiger partial charge in [0.2, 0.25) is 5.82 Å². The van der Waals surface area contributed by atoms with Crippen LogP contribution in [0.2, 0.25) is 0 Å². The third-order valence-electron chi connectivity index (χ3n) is 2.41. The van der Waals surface area contributed by atoms with E-state index in [1.807, 2.05) is 0 Å². The maximum Gasteiger partial charge on any atom is 0.315 e. The van der Waals surface area contributed by atoms with E-state index in [0.29, 0.717) is 5.56 Å². The fraction of sp³-hybridized carbons (Fsp3) is 0.250. The zero-order valence-corrected chi connectivity index (χ0v) is 10.1. The van der Waals surface area contributed by atoms with Crippen molar-refractivity contribution in [2.24, 2.45) is 0 Å². The predicted octanol–water partition coefficient (Wildman–Crippen LogP) is 1.68. The molecular formula is C12H12FN3O2. The summed E-state index contributed by atoms with van der Waals surface area (Å²) < 4.78 is 19.9. The first-order chi connectivity index (χ1) is 8.61. The summed E-state index contributed by atoms with van der Waals surface area (Å²) in [5.74, 6) is -0.539. The van der Waals surface area contributed by atoms with E-state index in [9.17, 15) is 9.18 Å². The minimum Gasteiger partial charge on any atom is -0.467 e. The van der Waals surface area contributed by atoms with E-state index in [2.05, 4.69) is 10.1 Å². The second kappa shape index (κ2) is 4.95. The molecule has 94 valence electrons. The van der Waals surface area contributed by atoms with Crippen LogP contribution in [0.3, 0.4) is 0 Å². The van der Waals surface area contributed by atoms with Crippen molar-refractivity contribution in [1.29, 1.82) is 0 Å². The number of carbonyl (C=O) groups excluding carboxylic acids is 1. The molecule has 0 unspecified atom stereocenters. The number of rotatable bonds is 4. The third kappa shape index (κ3) is 2.37. The van der Waals surface area contributed by atoms with Crippen molar-refractivity contribution in [1.82, 2.24) is 14.8 Å². The summed E-state index contributed by atoms with van der Waals surface area (Å²) in [5.41, 5.74) is 0.454. The molecule has 1 aromatic heterocycles. The molecular weight excluding hydrogens is 237 g/mol. The molecule has 0 N–H and O–H groups in total. The van der Waals surface area contributed by atoms with Gasteiger partial charge < -0.3 is 4.74 Å². The monoisotopic (exact) mass is 249 g/mol. The average Bonchev–Trinajstić information content (AvgIpc) is 2.75. The Morgan fingerprint density at radius 2 is 2.17 bits per heavy atom. The van der Waals surface area contributed by atoms with Crippen LogP contribution in [-0.4, -0.2) is 27.7 Å². The summed E-state index contributed by atoms with van der Waals surface area (Å²) in [4.78, 5) is 15.1. The molecule has 18 heavy (non-hydrogen) atoms. The van der Waals surface area contributed by atoms with Gasteiger partial charge in [0.15, 0.2) is 5.78 Å². The van der Waals surface area contributed by atoms with Crippen molar-refractivity contribution in [3.05, 3.63) is 41.5 Å². The van der Waals surface area contributed by atoms with Crippen molar-refractivity contribution < 1.29 is 13.9 Å². The lowest BCUT2D eigenvalue weighted by atomic mass is 10.2. The highest BCUT2D eigenvalue weighted by molar-refractivity contribution is 5.90. The summed E-state index contributed by atoms with van der Waals surface area (Å²) in [5, 5.41) is 3.98. The molecule has 0 aliphatic carbocycles. The Balaban J connectivity index is 2.34. The van der Waals surface area contributed by atoms with Gasteiger partial charge in [-0.25, -0.2) is 9.07 Å². The predicted molar refractivity (Wildman–Crippen MR) is 62.1 cm³/mol. The van der Waals surface area contributed by atoms with Gasteiger partial charge in [0.25, 0.3) is 0 Å². The molecule has 1 heterocycles. The number of ketones is 1. The van der Waals surface area contributed by atoms with Gasteiger partial charge in [0, 0.05) is 12.5 Å². The highest BCUT2D eigenvalue weighted by atomic mass is 19.1. The Hall–Kier alpha value is -2.24. The lowest BCUT2D eigenvalue weighted by Gasteiger charge is -2.05. The van der Waals surface area contributed by atoms with Crippen LogP contribution in [0, 0.1) is 5.82 Å². The molecule has 0 radical (unpaired) electrons. The molecule has 6 heteroatoms. The second-order valence-corrected chi connectivity index (χ2v) is 3.73. The normalized spacial score (nSPS) is 10.4. The Labute approximate surface area is 103 Å². The second-order valence-electron chi connectivity index (χ2n) is 3.73. The van der Waals surface area contributed by atoms with Crippen LogP contribution in [0.1, 0.15) is 23.1 Å². The first-order valence-electron chi connectivity index (χ1n) is 5.35. The largest absolute Gasteiger partial charge is 0.467 e. The van der Waals surface area contributed by atoms with Gasteiger partial charge >= 0.3 is 6.01 Å². The maximum atomic E-state index is 13.5. The first-order valence-corrected chi connectivity index (χ1v) is 5.35. The van der Waals surface area contributed by atoms with Crippen LogP contribution in [-0.2, 0) is 6.54 Å². The molecule has 0 aliphatic heterocycles. The number of nitrogens with zero attached hydrogens (tertiary/aromatic N) is 3. The molecule has 0 spiro atoms. The van der Waals surface area contributed by atoms with Crippen LogP contribution in [0.4, 0.5) is 4.39 Å². The number of aromatic nitrogens is 3. The number of methoxy groups -OCH3 is 1. The van der Waals surface area contributed by atoms with E-state index in [1.54, 1.807) is 18.2 Å². The summed E-state index contributed by atoms with van der Waals surface area (Å²) in [7, 11) is 1.42. The molecule has 0 aliphatic rings. The number of ether oxygens (including phenoxy) is 1. The van der Waals surface area contributed by atoms with Gasteiger partial charge in [-0.05, 0) is 6.07 Å². The number of hydrogen-bond acceptors (Lipinski definition) is 4. The molecule has 0 amide bonds. The first kappa shape index (κ1) is 12.2. The molecule has 0 fully saturated rings. The van der Waals surface area contributed by atoms with Crippen LogP contribution in [0.15, 0.2) is 24.3 Å². The van der Waals surface area contributed by atoms with Crippen molar-refractivity contribution in [3.63, 3.8) is 0 Å². The zero-order valence-electron chi connectivity index (χ0n) is 10.1. The SMILES string of the molecule is COc1nc(C(C)=O)nn1Cc1ccccc1F.